The summed E-state index contributed by atoms with van der Waals surface area (Å²) in [6.45, 7) is 5.52. The second kappa shape index (κ2) is 7.32. The smallest absolute Gasteiger partial charge is 0.245 e. The van der Waals surface area contributed by atoms with Crippen LogP contribution < -0.4 is 5.32 Å². The zero-order valence-electron chi connectivity index (χ0n) is 15.1. The van der Waals surface area contributed by atoms with Crippen LogP contribution in [0.2, 0.25) is 0 Å². The second-order valence-corrected chi connectivity index (χ2v) is 7.00. The third-order valence-electron chi connectivity index (χ3n) is 5.62. The standard InChI is InChI=1S/C20H25N3O3/c1-3-17(24)22-11-9-20(10-12-22,16-7-5-4-6-8-16)19(26)23-13-15(14-23)18(25)21-2/h3-8,15H,1,9-14H2,2H3,(H,21,25). The van der Waals surface area contributed by atoms with E-state index in [1.54, 1.807) is 16.8 Å². The van der Waals surface area contributed by atoms with Crippen LogP contribution in [-0.4, -0.2) is 60.7 Å². The van der Waals surface area contributed by atoms with E-state index in [2.05, 4.69) is 11.9 Å². The zero-order chi connectivity index (χ0) is 18.7. The van der Waals surface area contributed by atoms with E-state index in [0.717, 1.165) is 5.56 Å². The highest BCUT2D eigenvalue weighted by atomic mass is 16.2. The number of nitrogens with zero attached hydrogens (tertiary/aromatic N) is 2. The summed E-state index contributed by atoms with van der Waals surface area (Å²) >= 11 is 0. The van der Waals surface area contributed by atoms with E-state index < -0.39 is 5.41 Å². The van der Waals surface area contributed by atoms with E-state index in [0.29, 0.717) is 39.0 Å². The van der Waals surface area contributed by atoms with Gasteiger partial charge in [-0.2, -0.15) is 0 Å². The van der Waals surface area contributed by atoms with Crippen LogP contribution in [0.4, 0.5) is 0 Å². The first kappa shape index (κ1) is 18.2. The third kappa shape index (κ3) is 3.11. The molecule has 0 aromatic heterocycles. The van der Waals surface area contributed by atoms with Gasteiger partial charge in [0.15, 0.2) is 0 Å². The Labute approximate surface area is 153 Å². The van der Waals surface area contributed by atoms with Crippen molar-refractivity contribution in [3.05, 3.63) is 48.6 Å². The van der Waals surface area contributed by atoms with Crippen LogP contribution >= 0.6 is 0 Å². The van der Waals surface area contributed by atoms with E-state index in [4.69, 9.17) is 0 Å². The Bertz CT molecular complexity index is 702. The van der Waals surface area contributed by atoms with Gasteiger partial charge in [-0.3, -0.25) is 14.4 Å². The lowest BCUT2D eigenvalue weighted by Crippen LogP contribution is -2.61. The van der Waals surface area contributed by atoms with Gasteiger partial charge in [0, 0.05) is 33.2 Å². The van der Waals surface area contributed by atoms with Gasteiger partial charge >= 0.3 is 0 Å². The Hall–Kier alpha value is -2.63. The monoisotopic (exact) mass is 355 g/mol. The average molecular weight is 355 g/mol. The van der Waals surface area contributed by atoms with E-state index >= 15 is 0 Å². The minimum atomic E-state index is -0.632. The van der Waals surface area contributed by atoms with Gasteiger partial charge in [-0.05, 0) is 24.5 Å². The highest BCUT2D eigenvalue weighted by Gasteiger charge is 2.48. The number of hydrogen-bond donors (Lipinski definition) is 1. The molecule has 0 aliphatic carbocycles. The average Bonchev–Trinajstić information content (AvgIpc) is 2.66. The first-order valence-corrected chi connectivity index (χ1v) is 8.99. The SMILES string of the molecule is C=CC(=O)N1CCC(C(=O)N2CC(C(=O)NC)C2)(c2ccccc2)CC1. The molecule has 1 N–H and O–H groups in total. The molecule has 2 aliphatic heterocycles. The van der Waals surface area contributed by atoms with Gasteiger partial charge in [0.25, 0.3) is 0 Å². The third-order valence-corrected chi connectivity index (χ3v) is 5.62. The van der Waals surface area contributed by atoms with Crippen LogP contribution in [0.1, 0.15) is 18.4 Å². The Morgan fingerprint density at radius 2 is 1.73 bits per heavy atom. The van der Waals surface area contributed by atoms with Crippen molar-refractivity contribution in [2.75, 3.05) is 33.2 Å². The topological polar surface area (TPSA) is 69.7 Å². The van der Waals surface area contributed by atoms with Crippen molar-refractivity contribution >= 4 is 17.7 Å². The fourth-order valence-corrected chi connectivity index (χ4v) is 3.94. The molecule has 3 amide bonds. The molecule has 3 rings (SSSR count). The molecule has 2 aliphatic rings. The quantitative estimate of drug-likeness (QED) is 0.817. The van der Waals surface area contributed by atoms with Crippen molar-refractivity contribution in [2.24, 2.45) is 5.92 Å². The van der Waals surface area contributed by atoms with E-state index in [-0.39, 0.29) is 23.6 Å². The molecule has 2 saturated heterocycles. The van der Waals surface area contributed by atoms with Crippen LogP contribution in [0.15, 0.2) is 43.0 Å². The van der Waals surface area contributed by atoms with E-state index in [1.165, 1.54) is 6.08 Å². The van der Waals surface area contributed by atoms with Crippen LogP contribution in [0.3, 0.4) is 0 Å². The number of rotatable bonds is 4. The van der Waals surface area contributed by atoms with Crippen LogP contribution in [0.25, 0.3) is 0 Å². The molecular formula is C20H25N3O3. The van der Waals surface area contributed by atoms with Crippen LogP contribution in [0, 0.1) is 5.92 Å². The van der Waals surface area contributed by atoms with Gasteiger partial charge in [0.2, 0.25) is 17.7 Å². The van der Waals surface area contributed by atoms with Gasteiger partial charge in [-0.25, -0.2) is 0 Å². The molecule has 1 aromatic carbocycles. The van der Waals surface area contributed by atoms with Crippen molar-refractivity contribution in [1.82, 2.24) is 15.1 Å². The highest BCUT2D eigenvalue weighted by Crippen LogP contribution is 2.39. The van der Waals surface area contributed by atoms with Crippen molar-refractivity contribution in [3.63, 3.8) is 0 Å². The first-order chi connectivity index (χ1) is 12.5. The number of piperidine rings is 1. The van der Waals surface area contributed by atoms with E-state index in [1.807, 2.05) is 30.3 Å². The lowest BCUT2D eigenvalue weighted by atomic mass is 9.70. The minimum absolute atomic E-state index is 0.0192. The van der Waals surface area contributed by atoms with Crippen LogP contribution in [-0.2, 0) is 19.8 Å². The molecule has 138 valence electrons. The molecule has 26 heavy (non-hydrogen) atoms. The zero-order valence-corrected chi connectivity index (χ0v) is 15.1. The minimum Gasteiger partial charge on any atom is -0.359 e. The highest BCUT2D eigenvalue weighted by molar-refractivity contribution is 5.92. The summed E-state index contributed by atoms with van der Waals surface area (Å²) in [5, 5.41) is 2.64. The summed E-state index contributed by atoms with van der Waals surface area (Å²) in [4.78, 5) is 40.5. The lowest BCUT2D eigenvalue weighted by Gasteiger charge is -2.47. The molecule has 1 aromatic rings. The van der Waals surface area contributed by atoms with Crippen LogP contribution in [0.5, 0.6) is 0 Å². The maximum absolute atomic E-state index is 13.4. The van der Waals surface area contributed by atoms with Gasteiger partial charge in [-0.1, -0.05) is 36.9 Å². The van der Waals surface area contributed by atoms with Crippen molar-refractivity contribution < 1.29 is 14.4 Å². The summed E-state index contributed by atoms with van der Waals surface area (Å²) in [5.41, 5.74) is 0.353. The molecule has 2 heterocycles. The molecule has 0 spiro atoms. The Balaban J connectivity index is 1.80. The fraction of sp³-hybridized carbons (Fsp3) is 0.450. The number of likely N-dealkylation sites (tertiary alicyclic amines) is 2. The van der Waals surface area contributed by atoms with E-state index in [9.17, 15) is 14.4 Å². The summed E-state index contributed by atoms with van der Waals surface area (Å²) in [5.74, 6) is -0.175. The number of hydrogen-bond acceptors (Lipinski definition) is 3. The summed E-state index contributed by atoms with van der Waals surface area (Å²) in [7, 11) is 1.62. The number of benzene rings is 1. The van der Waals surface area contributed by atoms with Gasteiger partial charge in [0.05, 0.1) is 11.3 Å². The predicted octanol–water partition coefficient (Wildman–Crippen LogP) is 0.937. The predicted molar refractivity (Wildman–Crippen MR) is 98.3 cm³/mol. The van der Waals surface area contributed by atoms with Crippen molar-refractivity contribution in [1.29, 1.82) is 0 Å². The normalized spacial score (nSPS) is 19.4. The number of amides is 3. The molecule has 0 unspecified atom stereocenters. The Morgan fingerprint density at radius 3 is 2.27 bits per heavy atom. The second-order valence-electron chi connectivity index (χ2n) is 7.00. The maximum atomic E-state index is 13.4. The molecular weight excluding hydrogens is 330 g/mol. The first-order valence-electron chi connectivity index (χ1n) is 8.99. The van der Waals surface area contributed by atoms with Gasteiger partial charge < -0.3 is 15.1 Å². The molecule has 0 bridgehead atoms. The van der Waals surface area contributed by atoms with Crippen molar-refractivity contribution in [3.8, 4) is 0 Å². The molecule has 2 fully saturated rings. The number of carbonyl (C=O) groups excluding carboxylic acids is 3. The summed E-state index contributed by atoms with van der Waals surface area (Å²) in [6.07, 6.45) is 2.48. The molecule has 0 atom stereocenters. The molecule has 6 heteroatoms. The Kier molecular flexibility index (Phi) is 5.11. The maximum Gasteiger partial charge on any atom is 0.245 e. The number of carbonyl (C=O) groups is 3. The molecule has 6 nitrogen and oxygen atoms in total. The molecule has 0 radical (unpaired) electrons. The number of nitrogens with one attached hydrogen (secondary N) is 1. The fourth-order valence-electron chi connectivity index (χ4n) is 3.94. The molecule has 0 saturated carbocycles. The Morgan fingerprint density at radius 1 is 1.12 bits per heavy atom. The lowest BCUT2D eigenvalue weighted by molar-refractivity contribution is -0.150. The van der Waals surface area contributed by atoms with Gasteiger partial charge in [0.1, 0.15) is 0 Å². The van der Waals surface area contributed by atoms with Gasteiger partial charge in [-0.15, -0.1) is 0 Å². The summed E-state index contributed by atoms with van der Waals surface area (Å²) < 4.78 is 0. The van der Waals surface area contributed by atoms with Crippen molar-refractivity contribution in [2.45, 2.75) is 18.3 Å². The summed E-state index contributed by atoms with van der Waals surface area (Å²) in [6, 6.07) is 9.78. The largest absolute Gasteiger partial charge is 0.359 e.